The Morgan fingerprint density at radius 3 is 2.41 bits per heavy atom. The summed E-state index contributed by atoms with van der Waals surface area (Å²) < 4.78 is 0. The molecule has 1 aromatic rings. The number of nitrogens with zero attached hydrogens (tertiary/aromatic N) is 1. The SMILES string of the molecule is Cc1ccc(N(C)CC(C)(C)C)c(C(N)=S)c1. The fourth-order valence-corrected chi connectivity index (χ4v) is 2.14. The Balaban J connectivity index is 3.09. The molecule has 0 fully saturated rings. The largest absolute Gasteiger partial charge is 0.389 e. The summed E-state index contributed by atoms with van der Waals surface area (Å²) in [5.74, 6) is 0. The summed E-state index contributed by atoms with van der Waals surface area (Å²) in [6.07, 6.45) is 0. The molecule has 0 amide bonds. The maximum atomic E-state index is 5.79. The number of hydrogen-bond donors (Lipinski definition) is 1. The van der Waals surface area contributed by atoms with E-state index in [-0.39, 0.29) is 5.41 Å². The van der Waals surface area contributed by atoms with Gasteiger partial charge in [0.25, 0.3) is 0 Å². The maximum Gasteiger partial charge on any atom is 0.106 e. The smallest absolute Gasteiger partial charge is 0.106 e. The summed E-state index contributed by atoms with van der Waals surface area (Å²) in [6.45, 7) is 9.68. The molecule has 0 heterocycles. The van der Waals surface area contributed by atoms with Crippen LogP contribution >= 0.6 is 12.2 Å². The minimum absolute atomic E-state index is 0.243. The van der Waals surface area contributed by atoms with Gasteiger partial charge in [-0.1, -0.05) is 44.6 Å². The molecule has 3 heteroatoms. The Kier molecular flexibility index (Phi) is 4.15. The highest BCUT2D eigenvalue weighted by atomic mass is 32.1. The Morgan fingerprint density at radius 2 is 1.94 bits per heavy atom. The quantitative estimate of drug-likeness (QED) is 0.836. The van der Waals surface area contributed by atoms with Crippen molar-refractivity contribution in [2.24, 2.45) is 11.1 Å². The van der Waals surface area contributed by atoms with Gasteiger partial charge in [-0.05, 0) is 24.5 Å². The molecule has 0 unspecified atom stereocenters. The van der Waals surface area contributed by atoms with Crippen LogP contribution in [0.25, 0.3) is 0 Å². The second-order valence-corrected chi connectivity index (χ2v) is 6.24. The summed E-state index contributed by atoms with van der Waals surface area (Å²) in [4.78, 5) is 2.68. The predicted octanol–water partition coefficient (Wildman–Crippen LogP) is 3.11. The number of nitrogens with two attached hydrogens (primary N) is 1. The van der Waals surface area contributed by atoms with Gasteiger partial charge in [-0.15, -0.1) is 0 Å². The zero-order valence-corrected chi connectivity index (χ0v) is 12.2. The fourth-order valence-electron chi connectivity index (χ4n) is 1.98. The maximum absolute atomic E-state index is 5.79. The highest BCUT2D eigenvalue weighted by Gasteiger charge is 2.16. The third-order valence-corrected chi connectivity index (χ3v) is 2.76. The number of anilines is 1. The molecule has 0 saturated heterocycles. The van der Waals surface area contributed by atoms with Crippen LogP contribution in [0.15, 0.2) is 18.2 Å². The van der Waals surface area contributed by atoms with Gasteiger partial charge in [0.15, 0.2) is 0 Å². The predicted molar refractivity (Wildman–Crippen MR) is 79.8 cm³/mol. The lowest BCUT2D eigenvalue weighted by Crippen LogP contribution is -2.30. The van der Waals surface area contributed by atoms with Crippen molar-refractivity contribution in [1.82, 2.24) is 0 Å². The lowest BCUT2D eigenvalue weighted by Gasteiger charge is -2.29. The van der Waals surface area contributed by atoms with E-state index in [4.69, 9.17) is 18.0 Å². The van der Waals surface area contributed by atoms with E-state index in [1.807, 2.05) is 0 Å². The molecule has 0 atom stereocenters. The summed E-state index contributed by atoms with van der Waals surface area (Å²) in [5, 5.41) is 0. The van der Waals surface area contributed by atoms with Crippen LogP contribution in [0.2, 0.25) is 0 Å². The molecule has 2 N–H and O–H groups in total. The number of rotatable bonds is 3. The summed E-state index contributed by atoms with van der Waals surface area (Å²) in [5.41, 5.74) is 9.29. The molecular weight excluding hydrogens is 228 g/mol. The van der Waals surface area contributed by atoms with Gasteiger partial charge in [-0.3, -0.25) is 0 Å². The van der Waals surface area contributed by atoms with Crippen LogP contribution in [-0.2, 0) is 0 Å². The minimum atomic E-state index is 0.243. The summed E-state index contributed by atoms with van der Waals surface area (Å²) in [6, 6.07) is 6.24. The van der Waals surface area contributed by atoms with E-state index in [9.17, 15) is 0 Å². The number of hydrogen-bond acceptors (Lipinski definition) is 2. The van der Waals surface area contributed by atoms with Gasteiger partial charge in [0.05, 0.1) is 0 Å². The molecule has 1 aromatic carbocycles. The summed E-state index contributed by atoms with van der Waals surface area (Å²) in [7, 11) is 2.08. The van der Waals surface area contributed by atoms with Gasteiger partial charge in [-0.25, -0.2) is 0 Å². The molecule has 0 spiro atoms. The molecule has 0 aliphatic carbocycles. The zero-order chi connectivity index (χ0) is 13.2. The van der Waals surface area contributed by atoms with E-state index in [0.29, 0.717) is 4.99 Å². The van der Waals surface area contributed by atoms with Gasteiger partial charge < -0.3 is 10.6 Å². The van der Waals surface area contributed by atoms with E-state index in [2.05, 4.69) is 57.8 Å². The average molecular weight is 250 g/mol. The topological polar surface area (TPSA) is 29.3 Å². The lowest BCUT2D eigenvalue weighted by molar-refractivity contribution is 0.419. The van der Waals surface area contributed by atoms with E-state index in [0.717, 1.165) is 17.8 Å². The average Bonchev–Trinajstić information content (AvgIpc) is 2.14. The van der Waals surface area contributed by atoms with Gasteiger partial charge in [0, 0.05) is 24.8 Å². The van der Waals surface area contributed by atoms with Crippen molar-refractivity contribution >= 4 is 22.9 Å². The Labute approximate surface area is 110 Å². The molecule has 94 valence electrons. The number of aryl methyl sites for hydroxylation is 1. The Bertz CT molecular complexity index is 419. The van der Waals surface area contributed by atoms with Gasteiger partial charge in [0.1, 0.15) is 4.99 Å². The van der Waals surface area contributed by atoms with Crippen LogP contribution in [0.3, 0.4) is 0 Å². The first-order valence-electron chi connectivity index (χ1n) is 5.82. The first kappa shape index (κ1) is 14.0. The first-order chi connectivity index (χ1) is 7.70. The van der Waals surface area contributed by atoms with Crippen LogP contribution in [0.4, 0.5) is 5.69 Å². The van der Waals surface area contributed by atoms with E-state index in [1.54, 1.807) is 0 Å². The van der Waals surface area contributed by atoms with Gasteiger partial charge >= 0.3 is 0 Å². The van der Waals surface area contributed by atoms with Crippen LogP contribution < -0.4 is 10.6 Å². The lowest BCUT2D eigenvalue weighted by atomic mass is 9.95. The van der Waals surface area contributed by atoms with Crippen molar-refractivity contribution in [2.45, 2.75) is 27.7 Å². The highest BCUT2D eigenvalue weighted by Crippen LogP contribution is 2.24. The molecule has 17 heavy (non-hydrogen) atoms. The second kappa shape index (κ2) is 5.05. The molecule has 0 radical (unpaired) electrons. The van der Waals surface area contributed by atoms with Crippen molar-refractivity contribution in [2.75, 3.05) is 18.5 Å². The molecule has 1 rings (SSSR count). The van der Waals surface area contributed by atoms with E-state index in [1.165, 1.54) is 5.56 Å². The molecular formula is C14H22N2S. The first-order valence-corrected chi connectivity index (χ1v) is 6.23. The van der Waals surface area contributed by atoms with Gasteiger partial charge in [-0.2, -0.15) is 0 Å². The van der Waals surface area contributed by atoms with Crippen LogP contribution in [0.5, 0.6) is 0 Å². The van der Waals surface area contributed by atoms with Crippen molar-refractivity contribution in [3.05, 3.63) is 29.3 Å². The highest BCUT2D eigenvalue weighted by molar-refractivity contribution is 7.80. The summed E-state index contributed by atoms with van der Waals surface area (Å²) >= 11 is 5.12. The second-order valence-electron chi connectivity index (χ2n) is 5.80. The van der Waals surface area contributed by atoms with Gasteiger partial charge in [0.2, 0.25) is 0 Å². The van der Waals surface area contributed by atoms with Crippen molar-refractivity contribution in [3.8, 4) is 0 Å². The normalized spacial score (nSPS) is 11.4. The van der Waals surface area contributed by atoms with Crippen LogP contribution in [0, 0.1) is 12.3 Å². The third kappa shape index (κ3) is 4.00. The van der Waals surface area contributed by atoms with Crippen molar-refractivity contribution < 1.29 is 0 Å². The Morgan fingerprint density at radius 1 is 1.35 bits per heavy atom. The molecule has 0 aliphatic heterocycles. The standard InChI is InChI=1S/C14H22N2S/c1-10-6-7-12(11(8-10)13(15)17)16(5)9-14(2,3)4/h6-8H,9H2,1-5H3,(H2,15,17). The van der Waals surface area contributed by atoms with Crippen LogP contribution in [-0.4, -0.2) is 18.6 Å². The fraction of sp³-hybridized carbons (Fsp3) is 0.500. The Hall–Kier alpha value is -1.09. The van der Waals surface area contributed by atoms with E-state index < -0.39 is 0 Å². The van der Waals surface area contributed by atoms with Crippen LogP contribution in [0.1, 0.15) is 31.9 Å². The minimum Gasteiger partial charge on any atom is -0.389 e. The monoisotopic (exact) mass is 250 g/mol. The zero-order valence-electron chi connectivity index (χ0n) is 11.4. The van der Waals surface area contributed by atoms with Crippen molar-refractivity contribution in [1.29, 1.82) is 0 Å². The molecule has 0 bridgehead atoms. The molecule has 2 nitrogen and oxygen atoms in total. The molecule has 0 aliphatic rings. The third-order valence-electron chi connectivity index (χ3n) is 2.54. The number of thiocarbonyl (C=S) groups is 1. The molecule has 0 saturated carbocycles. The van der Waals surface area contributed by atoms with Crippen molar-refractivity contribution in [3.63, 3.8) is 0 Å². The molecule has 0 aromatic heterocycles. The van der Waals surface area contributed by atoms with E-state index >= 15 is 0 Å². The number of benzene rings is 1.